The van der Waals surface area contributed by atoms with Crippen LogP contribution >= 0.6 is 22.9 Å². The Bertz CT molecular complexity index is 1680. The zero-order valence-corrected chi connectivity index (χ0v) is 20.9. The number of fused-ring (bicyclic) bond motifs is 2. The van der Waals surface area contributed by atoms with Crippen molar-refractivity contribution in [2.75, 3.05) is 18.1 Å². The largest absolute Gasteiger partial charge is 0.507 e. The SMILES string of the molecule is O=C1C(=O)N(c2nc3ccc(Cl)cc3s2)[C@H](c2ccc([N+](=O)[O-])cc2)C1=C(O)c1ccc2c(c1)OCCO2. The van der Waals surface area contributed by atoms with Gasteiger partial charge in [-0.25, -0.2) is 4.98 Å². The van der Waals surface area contributed by atoms with E-state index in [0.29, 0.717) is 45.5 Å². The maximum atomic E-state index is 13.4. The number of hydrogen-bond donors (Lipinski definition) is 1. The number of hydrogen-bond acceptors (Lipinski definition) is 9. The summed E-state index contributed by atoms with van der Waals surface area (Å²) in [6, 6.07) is 14.1. The number of ether oxygens (including phenoxy) is 2. The predicted molar refractivity (Wildman–Crippen MR) is 140 cm³/mol. The van der Waals surface area contributed by atoms with Gasteiger partial charge in [0.25, 0.3) is 11.5 Å². The highest BCUT2D eigenvalue weighted by Gasteiger charge is 2.48. The van der Waals surface area contributed by atoms with Gasteiger partial charge in [-0.15, -0.1) is 0 Å². The maximum absolute atomic E-state index is 13.4. The van der Waals surface area contributed by atoms with Crippen LogP contribution < -0.4 is 14.4 Å². The number of aromatic nitrogens is 1. The number of thiazole rings is 1. The van der Waals surface area contributed by atoms with Crippen LogP contribution in [0.2, 0.25) is 5.02 Å². The Morgan fingerprint density at radius 1 is 1.05 bits per heavy atom. The number of nitrogens with zero attached hydrogens (tertiary/aromatic N) is 3. The third-order valence-electron chi connectivity index (χ3n) is 6.22. The minimum atomic E-state index is -1.10. The molecule has 0 spiro atoms. The molecule has 12 heteroatoms. The fraction of sp³-hybridized carbons (Fsp3) is 0.115. The molecule has 1 N–H and O–H groups in total. The number of anilines is 1. The molecule has 0 aliphatic carbocycles. The number of amides is 1. The Labute approximate surface area is 223 Å². The lowest BCUT2D eigenvalue weighted by Gasteiger charge is -2.23. The van der Waals surface area contributed by atoms with E-state index in [9.17, 15) is 24.8 Å². The first-order chi connectivity index (χ1) is 18.3. The van der Waals surface area contributed by atoms with Crippen LogP contribution in [0, 0.1) is 10.1 Å². The minimum Gasteiger partial charge on any atom is -0.507 e. The summed E-state index contributed by atoms with van der Waals surface area (Å²) in [5.74, 6) is -1.34. The molecule has 1 atom stereocenters. The van der Waals surface area contributed by atoms with Crippen molar-refractivity contribution in [2.24, 2.45) is 0 Å². The van der Waals surface area contributed by atoms with Crippen LogP contribution in [0.25, 0.3) is 16.0 Å². The van der Waals surface area contributed by atoms with Crippen molar-refractivity contribution >= 4 is 61.4 Å². The highest BCUT2D eigenvalue weighted by atomic mass is 35.5. The Balaban J connectivity index is 1.53. The Morgan fingerprint density at radius 2 is 1.79 bits per heavy atom. The maximum Gasteiger partial charge on any atom is 0.301 e. The zero-order valence-electron chi connectivity index (χ0n) is 19.3. The van der Waals surface area contributed by atoms with Crippen LogP contribution in [-0.2, 0) is 9.59 Å². The van der Waals surface area contributed by atoms with E-state index in [4.69, 9.17) is 21.1 Å². The van der Waals surface area contributed by atoms with E-state index >= 15 is 0 Å². The second-order valence-electron chi connectivity index (χ2n) is 8.48. The van der Waals surface area contributed by atoms with Gasteiger partial charge in [-0.1, -0.05) is 22.9 Å². The highest BCUT2D eigenvalue weighted by Crippen LogP contribution is 2.45. The number of carbonyl (C=O) groups excluding carboxylic acids is 2. The lowest BCUT2D eigenvalue weighted by atomic mass is 9.95. The molecule has 1 saturated heterocycles. The molecule has 6 rings (SSSR count). The molecule has 10 nitrogen and oxygen atoms in total. The lowest BCUT2D eigenvalue weighted by molar-refractivity contribution is -0.384. The van der Waals surface area contributed by atoms with Crippen molar-refractivity contribution < 1.29 is 29.1 Å². The number of rotatable bonds is 4. The van der Waals surface area contributed by atoms with Gasteiger partial charge in [-0.05, 0) is 54.1 Å². The van der Waals surface area contributed by atoms with Gasteiger partial charge < -0.3 is 14.6 Å². The van der Waals surface area contributed by atoms with Crippen molar-refractivity contribution in [3.05, 3.63) is 92.5 Å². The number of ketones is 1. The van der Waals surface area contributed by atoms with Crippen LogP contribution in [0.4, 0.5) is 10.8 Å². The number of benzene rings is 3. The molecule has 0 radical (unpaired) electrons. The van der Waals surface area contributed by atoms with E-state index < -0.39 is 28.4 Å². The van der Waals surface area contributed by atoms with Gasteiger partial charge in [0, 0.05) is 22.7 Å². The number of aliphatic hydroxyl groups is 1. The highest BCUT2D eigenvalue weighted by molar-refractivity contribution is 7.22. The molecule has 1 amide bonds. The Morgan fingerprint density at radius 3 is 2.53 bits per heavy atom. The minimum absolute atomic E-state index is 0.160. The summed E-state index contributed by atoms with van der Waals surface area (Å²) >= 11 is 7.27. The van der Waals surface area contributed by atoms with E-state index in [2.05, 4.69) is 4.98 Å². The third-order valence-corrected chi connectivity index (χ3v) is 7.48. The van der Waals surface area contributed by atoms with Gasteiger partial charge in [0.2, 0.25) is 0 Å². The first kappa shape index (κ1) is 23.9. The summed E-state index contributed by atoms with van der Waals surface area (Å²) in [6.45, 7) is 0.711. The fourth-order valence-electron chi connectivity index (χ4n) is 4.46. The average Bonchev–Trinajstić information content (AvgIpc) is 3.45. The molecule has 0 unspecified atom stereocenters. The van der Waals surface area contributed by atoms with E-state index in [-0.39, 0.29) is 22.0 Å². The number of carbonyl (C=O) groups is 2. The Kier molecular flexibility index (Phi) is 5.73. The normalized spacial score (nSPS) is 18.2. The van der Waals surface area contributed by atoms with Crippen LogP contribution in [0.15, 0.2) is 66.2 Å². The van der Waals surface area contributed by atoms with Crippen molar-refractivity contribution in [3.63, 3.8) is 0 Å². The smallest absolute Gasteiger partial charge is 0.301 e. The first-order valence-corrected chi connectivity index (χ1v) is 12.5. The second kappa shape index (κ2) is 9.12. The van der Waals surface area contributed by atoms with E-state index in [0.717, 1.165) is 11.3 Å². The summed E-state index contributed by atoms with van der Waals surface area (Å²) in [5.41, 5.74) is 0.858. The van der Waals surface area contributed by atoms with E-state index in [1.165, 1.54) is 35.2 Å². The van der Waals surface area contributed by atoms with Gasteiger partial charge in [0.1, 0.15) is 19.0 Å². The molecular weight excluding hydrogens is 534 g/mol. The molecule has 2 aliphatic heterocycles. The van der Waals surface area contributed by atoms with Crippen molar-refractivity contribution in [1.82, 2.24) is 4.98 Å². The molecule has 0 saturated carbocycles. The molecule has 3 heterocycles. The average molecular weight is 550 g/mol. The molecule has 1 aromatic heterocycles. The van der Waals surface area contributed by atoms with Crippen LogP contribution in [-0.4, -0.2) is 39.9 Å². The van der Waals surface area contributed by atoms with Gasteiger partial charge in [0.05, 0.1) is 26.8 Å². The van der Waals surface area contributed by atoms with Crippen molar-refractivity contribution in [2.45, 2.75) is 6.04 Å². The van der Waals surface area contributed by atoms with Crippen molar-refractivity contribution in [1.29, 1.82) is 0 Å². The fourth-order valence-corrected chi connectivity index (χ4v) is 5.73. The summed E-state index contributed by atoms with van der Waals surface area (Å²) in [5, 5.41) is 23.3. The quantitative estimate of drug-likeness (QED) is 0.120. The number of aliphatic hydroxyl groups excluding tert-OH is 1. The van der Waals surface area contributed by atoms with Gasteiger partial charge in [-0.3, -0.25) is 24.6 Å². The van der Waals surface area contributed by atoms with Crippen LogP contribution in [0.3, 0.4) is 0 Å². The monoisotopic (exact) mass is 549 g/mol. The molecule has 4 aromatic rings. The third kappa shape index (κ3) is 3.92. The Hall–Kier alpha value is -4.48. The molecular formula is C26H16ClN3O7S. The first-order valence-electron chi connectivity index (χ1n) is 11.3. The van der Waals surface area contributed by atoms with Gasteiger partial charge >= 0.3 is 5.91 Å². The van der Waals surface area contributed by atoms with Gasteiger partial charge in [-0.2, -0.15) is 0 Å². The summed E-state index contributed by atoms with van der Waals surface area (Å²) in [6.07, 6.45) is 0. The molecule has 38 heavy (non-hydrogen) atoms. The van der Waals surface area contributed by atoms with Gasteiger partial charge in [0.15, 0.2) is 16.6 Å². The van der Waals surface area contributed by atoms with E-state index in [1.807, 2.05) is 0 Å². The van der Waals surface area contributed by atoms with E-state index in [1.54, 1.807) is 30.3 Å². The number of nitro benzene ring substituents is 1. The van der Waals surface area contributed by atoms with Crippen LogP contribution in [0.5, 0.6) is 11.5 Å². The molecule has 3 aromatic carbocycles. The van der Waals surface area contributed by atoms with Crippen LogP contribution in [0.1, 0.15) is 17.2 Å². The number of non-ortho nitro benzene ring substituents is 1. The molecule has 0 bridgehead atoms. The number of Topliss-reactive ketones (excluding diaryl/α,β-unsaturated/α-hetero) is 1. The molecule has 1 fully saturated rings. The van der Waals surface area contributed by atoms with Crippen molar-refractivity contribution in [3.8, 4) is 11.5 Å². The summed E-state index contributed by atoms with van der Waals surface area (Å²) in [4.78, 5) is 43.2. The lowest BCUT2D eigenvalue weighted by Crippen LogP contribution is -2.29. The zero-order chi connectivity index (χ0) is 26.6. The number of halogens is 1. The number of nitro groups is 1. The molecule has 190 valence electrons. The second-order valence-corrected chi connectivity index (χ2v) is 9.93. The predicted octanol–water partition coefficient (Wildman–Crippen LogP) is 5.26. The standard InChI is InChI=1S/C26H16ClN3O7S/c27-15-4-7-17-20(12-15)38-26(28-17)29-22(13-1-5-16(6-2-13)30(34)35)21(24(32)25(29)33)23(31)14-3-8-18-19(11-14)37-10-9-36-18/h1-8,11-12,22,31H,9-10H2/t22-/m1/s1. The topological polar surface area (TPSA) is 132 Å². The summed E-state index contributed by atoms with van der Waals surface area (Å²) < 4.78 is 11.8. The molecule has 2 aliphatic rings. The summed E-state index contributed by atoms with van der Waals surface area (Å²) in [7, 11) is 0.